The van der Waals surface area contributed by atoms with Crippen molar-refractivity contribution in [2.24, 2.45) is 0 Å². The van der Waals surface area contributed by atoms with Gasteiger partial charge in [-0.05, 0) is 69.5 Å². The molecule has 3 heteroatoms. The summed E-state index contributed by atoms with van der Waals surface area (Å²) in [6.45, 7) is 13.7. The fourth-order valence-corrected chi connectivity index (χ4v) is 4.27. The monoisotopic (exact) mass is 429 g/mol. The number of benzene rings is 3. The van der Waals surface area contributed by atoms with Crippen molar-refractivity contribution in [3.05, 3.63) is 105 Å². The summed E-state index contributed by atoms with van der Waals surface area (Å²) in [7, 11) is 0. The Morgan fingerprint density at radius 1 is 0.719 bits per heavy atom. The molecule has 0 radical (unpaired) electrons. The van der Waals surface area contributed by atoms with Gasteiger partial charge < -0.3 is 4.74 Å². The van der Waals surface area contributed by atoms with Crippen molar-refractivity contribution in [3.8, 4) is 0 Å². The van der Waals surface area contributed by atoms with Gasteiger partial charge in [-0.1, -0.05) is 77.7 Å². The molecular weight excluding hydrogens is 394 g/mol. The molecule has 0 spiro atoms. The van der Waals surface area contributed by atoms with E-state index < -0.39 is 0 Å². The maximum Gasteiger partial charge on any atom is 0.338 e. The molecule has 3 rings (SSSR count). The van der Waals surface area contributed by atoms with Crippen LogP contribution in [0.25, 0.3) is 0 Å². The second-order valence-electron chi connectivity index (χ2n) is 8.98. The lowest BCUT2D eigenvalue weighted by Gasteiger charge is -2.22. The highest BCUT2D eigenvalue weighted by molar-refractivity contribution is 5.89. The fourth-order valence-electron chi connectivity index (χ4n) is 4.27. The van der Waals surface area contributed by atoms with Gasteiger partial charge in [-0.15, -0.1) is 0 Å². The van der Waals surface area contributed by atoms with Crippen LogP contribution in [0.4, 0.5) is 0 Å². The Kier molecular flexibility index (Phi) is 8.24. The number of aryl methyl sites for hydroxylation is 4. The highest BCUT2D eigenvalue weighted by Crippen LogP contribution is 2.16. The number of esters is 1. The SMILES string of the molecule is CCCN(Cc1ccc(COC(=O)c2cc(C)cc(C)c2)cc1)Cc1cc(C)cc(C)c1. The Morgan fingerprint density at radius 2 is 1.22 bits per heavy atom. The molecule has 0 atom stereocenters. The van der Waals surface area contributed by atoms with E-state index in [0.29, 0.717) is 5.56 Å². The number of nitrogens with zero attached hydrogens (tertiary/aromatic N) is 1. The van der Waals surface area contributed by atoms with Gasteiger partial charge in [-0.2, -0.15) is 0 Å². The fraction of sp³-hybridized carbons (Fsp3) is 0.345. The minimum absolute atomic E-state index is 0.275. The minimum Gasteiger partial charge on any atom is -0.457 e. The van der Waals surface area contributed by atoms with Crippen LogP contribution in [0.15, 0.2) is 60.7 Å². The summed E-state index contributed by atoms with van der Waals surface area (Å²) in [6.07, 6.45) is 1.12. The van der Waals surface area contributed by atoms with E-state index in [9.17, 15) is 4.79 Å². The van der Waals surface area contributed by atoms with E-state index in [4.69, 9.17) is 4.74 Å². The van der Waals surface area contributed by atoms with Gasteiger partial charge in [0.15, 0.2) is 0 Å². The molecule has 0 saturated heterocycles. The predicted molar refractivity (Wildman–Crippen MR) is 132 cm³/mol. The number of hydrogen-bond donors (Lipinski definition) is 0. The molecule has 0 bridgehead atoms. The maximum atomic E-state index is 12.4. The van der Waals surface area contributed by atoms with Crippen molar-refractivity contribution in [2.75, 3.05) is 6.54 Å². The van der Waals surface area contributed by atoms with Gasteiger partial charge >= 0.3 is 5.97 Å². The van der Waals surface area contributed by atoms with Crippen LogP contribution < -0.4 is 0 Å². The van der Waals surface area contributed by atoms with E-state index >= 15 is 0 Å². The van der Waals surface area contributed by atoms with Gasteiger partial charge in [0.2, 0.25) is 0 Å². The molecule has 0 aromatic heterocycles. The van der Waals surface area contributed by atoms with Gasteiger partial charge in [-0.3, -0.25) is 4.90 Å². The van der Waals surface area contributed by atoms with Crippen molar-refractivity contribution in [3.63, 3.8) is 0 Å². The lowest BCUT2D eigenvalue weighted by Crippen LogP contribution is -2.23. The Labute approximate surface area is 193 Å². The molecule has 0 aliphatic carbocycles. The average Bonchev–Trinajstić information content (AvgIpc) is 2.71. The van der Waals surface area contributed by atoms with Crippen LogP contribution in [-0.4, -0.2) is 17.4 Å². The molecule has 0 fully saturated rings. The van der Waals surface area contributed by atoms with E-state index in [1.807, 2.05) is 26.0 Å². The maximum absolute atomic E-state index is 12.4. The predicted octanol–water partition coefficient (Wildman–Crippen LogP) is 6.69. The van der Waals surface area contributed by atoms with Crippen molar-refractivity contribution in [1.29, 1.82) is 0 Å². The van der Waals surface area contributed by atoms with Crippen LogP contribution in [0.2, 0.25) is 0 Å². The summed E-state index contributed by atoms with van der Waals surface area (Å²) >= 11 is 0. The standard InChI is InChI=1S/C29H35NO2/c1-6-11-30(19-27-14-21(2)12-22(3)15-27)18-25-7-9-26(10-8-25)20-32-29(31)28-16-23(4)13-24(5)17-28/h7-10,12-17H,6,11,18-20H2,1-5H3. The number of carbonyl (C=O) groups excluding carboxylic acids is 1. The molecule has 168 valence electrons. The number of hydrogen-bond acceptors (Lipinski definition) is 3. The van der Waals surface area contributed by atoms with Crippen LogP contribution in [0.1, 0.15) is 62.6 Å². The van der Waals surface area contributed by atoms with Crippen LogP contribution in [0.3, 0.4) is 0 Å². The Balaban J connectivity index is 1.59. The molecule has 0 aliphatic rings. The average molecular weight is 430 g/mol. The molecule has 3 nitrogen and oxygen atoms in total. The van der Waals surface area contributed by atoms with Gasteiger partial charge in [0, 0.05) is 13.1 Å². The van der Waals surface area contributed by atoms with Gasteiger partial charge in [0.1, 0.15) is 6.61 Å². The third-order valence-corrected chi connectivity index (χ3v) is 5.48. The van der Waals surface area contributed by atoms with Gasteiger partial charge in [-0.25, -0.2) is 4.79 Å². The molecule has 0 aliphatic heterocycles. The molecule has 0 amide bonds. The van der Waals surface area contributed by atoms with Crippen molar-refractivity contribution in [2.45, 2.75) is 60.7 Å². The molecule has 0 N–H and O–H groups in total. The molecule has 3 aromatic rings. The summed E-state index contributed by atoms with van der Waals surface area (Å²) in [5.41, 5.74) is 9.02. The summed E-state index contributed by atoms with van der Waals surface area (Å²) in [5, 5.41) is 0. The summed E-state index contributed by atoms with van der Waals surface area (Å²) in [5.74, 6) is -0.275. The van der Waals surface area contributed by atoms with Crippen molar-refractivity contribution >= 4 is 5.97 Å². The number of ether oxygens (including phenoxy) is 1. The van der Waals surface area contributed by atoms with Gasteiger partial charge in [0.05, 0.1) is 5.56 Å². The minimum atomic E-state index is -0.275. The Bertz CT molecular complexity index is 1010. The molecule has 0 heterocycles. The van der Waals surface area contributed by atoms with Crippen LogP contribution in [-0.2, 0) is 24.4 Å². The zero-order valence-electron chi connectivity index (χ0n) is 20.1. The van der Waals surface area contributed by atoms with E-state index in [1.54, 1.807) is 0 Å². The van der Waals surface area contributed by atoms with E-state index in [0.717, 1.165) is 42.7 Å². The molecule has 0 saturated carbocycles. The van der Waals surface area contributed by atoms with Gasteiger partial charge in [0.25, 0.3) is 0 Å². The zero-order chi connectivity index (χ0) is 23.1. The second kappa shape index (κ2) is 11.1. The first-order valence-corrected chi connectivity index (χ1v) is 11.4. The first kappa shape index (κ1) is 23.7. The lowest BCUT2D eigenvalue weighted by molar-refractivity contribution is 0.0472. The highest BCUT2D eigenvalue weighted by atomic mass is 16.5. The first-order chi connectivity index (χ1) is 15.3. The highest BCUT2D eigenvalue weighted by Gasteiger charge is 2.10. The number of carbonyl (C=O) groups is 1. The smallest absolute Gasteiger partial charge is 0.338 e. The molecule has 0 unspecified atom stereocenters. The molecule has 32 heavy (non-hydrogen) atoms. The summed E-state index contributed by atoms with van der Waals surface area (Å²) in [6, 6.07) is 21.0. The van der Waals surface area contributed by atoms with E-state index in [2.05, 4.69) is 74.2 Å². The van der Waals surface area contributed by atoms with E-state index in [-0.39, 0.29) is 12.6 Å². The normalized spacial score (nSPS) is 11.1. The number of rotatable bonds is 9. The van der Waals surface area contributed by atoms with Crippen LogP contribution >= 0.6 is 0 Å². The first-order valence-electron chi connectivity index (χ1n) is 11.4. The van der Waals surface area contributed by atoms with E-state index in [1.165, 1.54) is 22.3 Å². The van der Waals surface area contributed by atoms with Crippen molar-refractivity contribution < 1.29 is 9.53 Å². The summed E-state index contributed by atoms with van der Waals surface area (Å²) < 4.78 is 5.54. The Hall–Kier alpha value is -2.91. The zero-order valence-corrected chi connectivity index (χ0v) is 20.1. The second-order valence-corrected chi connectivity index (χ2v) is 8.98. The third-order valence-electron chi connectivity index (χ3n) is 5.48. The lowest BCUT2D eigenvalue weighted by atomic mass is 10.1. The van der Waals surface area contributed by atoms with Crippen LogP contribution in [0.5, 0.6) is 0 Å². The third kappa shape index (κ3) is 7.06. The topological polar surface area (TPSA) is 29.5 Å². The molecule has 3 aromatic carbocycles. The Morgan fingerprint density at radius 3 is 1.78 bits per heavy atom. The largest absolute Gasteiger partial charge is 0.457 e. The van der Waals surface area contributed by atoms with Crippen LogP contribution in [0, 0.1) is 27.7 Å². The molecular formula is C29H35NO2. The van der Waals surface area contributed by atoms with Crippen molar-refractivity contribution in [1.82, 2.24) is 4.90 Å². The summed E-state index contributed by atoms with van der Waals surface area (Å²) in [4.78, 5) is 14.9. The quantitative estimate of drug-likeness (QED) is 0.355.